The number of rotatable bonds is 2. The summed E-state index contributed by atoms with van der Waals surface area (Å²) < 4.78 is 33.6. The molecule has 0 unspecified atom stereocenters. The van der Waals surface area contributed by atoms with Crippen molar-refractivity contribution in [1.82, 2.24) is 0 Å². The van der Waals surface area contributed by atoms with E-state index in [1.165, 1.54) is 12.0 Å². The number of anilines is 1. The van der Waals surface area contributed by atoms with Crippen molar-refractivity contribution in [3.8, 4) is 5.75 Å². The summed E-state index contributed by atoms with van der Waals surface area (Å²) in [7, 11) is -1.65. The van der Waals surface area contributed by atoms with Crippen LogP contribution >= 0.6 is 0 Å². The average Bonchev–Trinajstić information content (AvgIpc) is 2.79. The van der Waals surface area contributed by atoms with E-state index < -0.39 is 28.1 Å². The molecule has 0 spiro atoms. The first-order valence-electron chi connectivity index (χ1n) is 5.85. The Morgan fingerprint density at radius 1 is 1.32 bits per heavy atom. The molecule has 2 atom stereocenters. The number of methoxy groups -OCH3 is 1. The third-order valence-electron chi connectivity index (χ3n) is 3.40. The van der Waals surface area contributed by atoms with Crippen LogP contribution in [0.15, 0.2) is 24.3 Å². The second kappa shape index (κ2) is 4.12. The predicted molar refractivity (Wildman–Crippen MR) is 68.2 cm³/mol. The van der Waals surface area contributed by atoms with Crippen molar-refractivity contribution in [1.29, 1.82) is 0 Å². The van der Waals surface area contributed by atoms with Gasteiger partial charge in [-0.2, -0.15) is 0 Å². The fraction of sp³-hybridized carbons (Fsp3) is 0.417. The molecular formula is C12H13NO5S. The van der Waals surface area contributed by atoms with E-state index in [4.69, 9.17) is 9.47 Å². The topological polar surface area (TPSA) is 72.9 Å². The van der Waals surface area contributed by atoms with E-state index in [9.17, 15) is 13.2 Å². The summed E-state index contributed by atoms with van der Waals surface area (Å²) in [6.45, 7) is 0. The van der Waals surface area contributed by atoms with Gasteiger partial charge in [-0.3, -0.25) is 4.90 Å². The number of fused-ring (bicyclic) bond motifs is 1. The van der Waals surface area contributed by atoms with Crippen LogP contribution < -0.4 is 9.64 Å². The molecule has 0 bridgehead atoms. The number of amides is 1. The van der Waals surface area contributed by atoms with Gasteiger partial charge in [-0.15, -0.1) is 0 Å². The number of nitrogens with zero attached hydrogens (tertiary/aromatic N) is 1. The van der Waals surface area contributed by atoms with E-state index in [0.717, 1.165) is 0 Å². The zero-order chi connectivity index (χ0) is 13.6. The monoisotopic (exact) mass is 283 g/mol. The van der Waals surface area contributed by atoms with E-state index in [1.807, 2.05) is 0 Å². The normalized spacial score (nSPS) is 28.1. The molecule has 0 radical (unpaired) electrons. The Balaban J connectivity index is 2.02. The Morgan fingerprint density at radius 3 is 2.79 bits per heavy atom. The van der Waals surface area contributed by atoms with E-state index in [1.54, 1.807) is 24.3 Å². The van der Waals surface area contributed by atoms with Crippen LogP contribution in [0.25, 0.3) is 0 Å². The van der Waals surface area contributed by atoms with Gasteiger partial charge in [0.15, 0.2) is 9.84 Å². The van der Waals surface area contributed by atoms with Crippen molar-refractivity contribution in [2.24, 2.45) is 0 Å². The maximum Gasteiger partial charge on any atom is 0.415 e. The molecule has 2 heterocycles. The van der Waals surface area contributed by atoms with Gasteiger partial charge in [-0.05, 0) is 12.1 Å². The number of carbonyl (C=O) groups is 1. The fourth-order valence-electron chi connectivity index (χ4n) is 2.58. The van der Waals surface area contributed by atoms with Crippen LogP contribution in [0.4, 0.5) is 10.5 Å². The minimum Gasteiger partial charge on any atom is -0.495 e. The summed E-state index contributed by atoms with van der Waals surface area (Å²) in [6.07, 6.45) is -1.10. The maximum atomic E-state index is 11.9. The number of hydrogen-bond donors (Lipinski definition) is 0. The molecule has 2 aliphatic rings. The molecule has 2 saturated heterocycles. The van der Waals surface area contributed by atoms with Gasteiger partial charge in [0, 0.05) is 0 Å². The van der Waals surface area contributed by atoms with Gasteiger partial charge < -0.3 is 9.47 Å². The van der Waals surface area contributed by atoms with Crippen LogP contribution in [0.3, 0.4) is 0 Å². The molecule has 3 rings (SSSR count). The highest BCUT2D eigenvalue weighted by Gasteiger charge is 2.51. The van der Waals surface area contributed by atoms with Crippen LogP contribution in [0.2, 0.25) is 0 Å². The fourth-order valence-corrected chi connectivity index (χ4v) is 4.39. The molecule has 1 amide bonds. The van der Waals surface area contributed by atoms with Crippen molar-refractivity contribution >= 4 is 21.6 Å². The van der Waals surface area contributed by atoms with Crippen LogP contribution in [0.5, 0.6) is 5.75 Å². The van der Waals surface area contributed by atoms with Crippen LogP contribution in [0, 0.1) is 0 Å². The SMILES string of the molecule is COc1ccccc1N1C(=O)O[C@H]2CS(=O)(=O)C[C@@H]21. The summed E-state index contributed by atoms with van der Waals surface area (Å²) in [5, 5.41) is 0. The summed E-state index contributed by atoms with van der Waals surface area (Å²) in [6, 6.07) is 6.52. The van der Waals surface area contributed by atoms with Crippen LogP contribution in [-0.2, 0) is 14.6 Å². The zero-order valence-electron chi connectivity index (χ0n) is 10.3. The van der Waals surface area contributed by atoms with Crippen LogP contribution in [-0.4, -0.2) is 45.3 Å². The molecule has 102 valence electrons. The standard InChI is InChI=1S/C12H13NO5S/c1-17-10-5-3-2-4-8(10)13-9-6-19(15,16)7-11(9)18-12(13)14/h2-5,9,11H,6-7H2,1H3/t9-,11-/m0/s1. The lowest BCUT2D eigenvalue weighted by Crippen LogP contribution is -2.37. The van der Waals surface area contributed by atoms with E-state index in [0.29, 0.717) is 11.4 Å². The highest BCUT2D eigenvalue weighted by atomic mass is 32.2. The summed E-state index contributed by atoms with van der Waals surface area (Å²) in [5.41, 5.74) is 0.541. The van der Waals surface area contributed by atoms with Gasteiger partial charge in [0.1, 0.15) is 11.9 Å². The van der Waals surface area contributed by atoms with E-state index in [2.05, 4.69) is 0 Å². The van der Waals surface area contributed by atoms with Gasteiger partial charge in [-0.1, -0.05) is 12.1 Å². The largest absolute Gasteiger partial charge is 0.495 e. The molecule has 6 nitrogen and oxygen atoms in total. The number of ether oxygens (including phenoxy) is 2. The van der Waals surface area contributed by atoms with Gasteiger partial charge in [0.25, 0.3) is 0 Å². The molecule has 7 heteroatoms. The molecule has 19 heavy (non-hydrogen) atoms. The van der Waals surface area contributed by atoms with Gasteiger partial charge in [0.2, 0.25) is 0 Å². The Hall–Kier alpha value is -1.76. The molecule has 0 saturated carbocycles. The molecule has 0 N–H and O–H groups in total. The van der Waals surface area contributed by atoms with Crippen LogP contribution in [0.1, 0.15) is 0 Å². The second-order valence-electron chi connectivity index (χ2n) is 4.61. The Bertz CT molecular complexity index is 627. The highest BCUT2D eigenvalue weighted by Crippen LogP contribution is 2.37. The number of benzene rings is 1. The summed E-state index contributed by atoms with van der Waals surface area (Å²) >= 11 is 0. The van der Waals surface area contributed by atoms with Crippen molar-refractivity contribution < 1.29 is 22.7 Å². The summed E-state index contributed by atoms with van der Waals surface area (Å²) in [4.78, 5) is 13.3. The van der Waals surface area contributed by atoms with Crippen molar-refractivity contribution in [3.05, 3.63) is 24.3 Å². The first-order chi connectivity index (χ1) is 9.02. The maximum absolute atomic E-state index is 11.9. The van der Waals surface area contributed by atoms with E-state index in [-0.39, 0.29) is 11.5 Å². The highest BCUT2D eigenvalue weighted by molar-refractivity contribution is 7.91. The van der Waals surface area contributed by atoms with Gasteiger partial charge in [-0.25, -0.2) is 13.2 Å². The van der Waals surface area contributed by atoms with Crippen molar-refractivity contribution in [3.63, 3.8) is 0 Å². The average molecular weight is 283 g/mol. The lowest BCUT2D eigenvalue weighted by atomic mass is 10.2. The minimum absolute atomic E-state index is 0.0680. The molecule has 0 aliphatic carbocycles. The molecule has 0 aromatic heterocycles. The number of hydrogen-bond acceptors (Lipinski definition) is 5. The lowest BCUT2D eigenvalue weighted by Gasteiger charge is -2.21. The first kappa shape index (κ1) is 12.3. The van der Waals surface area contributed by atoms with Gasteiger partial charge >= 0.3 is 6.09 Å². The number of para-hydroxylation sites is 2. The second-order valence-corrected chi connectivity index (χ2v) is 6.76. The summed E-state index contributed by atoms with van der Waals surface area (Å²) in [5.74, 6) is 0.348. The Labute approximate surface area is 110 Å². The molecule has 2 aliphatic heterocycles. The number of sulfone groups is 1. The molecule has 1 aromatic rings. The first-order valence-corrected chi connectivity index (χ1v) is 7.67. The quantitative estimate of drug-likeness (QED) is 0.803. The van der Waals surface area contributed by atoms with E-state index >= 15 is 0 Å². The molecule has 1 aromatic carbocycles. The third-order valence-corrected chi connectivity index (χ3v) is 5.08. The van der Waals surface area contributed by atoms with Crippen molar-refractivity contribution in [2.45, 2.75) is 12.1 Å². The van der Waals surface area contributed by atoms with Crippen molar-refractivity contribution in [2.75, 3.05) is 23.5 Å². The lowest BCUT2D eigenvalue weighted by molar-refractivity contribution is 0.147. The molecular weight excluding hydrogens is 270 g/mol. The predicted octanol–water partition coefficient (Wildman–Crippen LogP) is 0.817. The Morgan fingerprint density at radius 2 is 2.05 bits per heavy atom. The van der Waals surface area contributed by atoms with Gasteiger partial charge in [0.05, 0.1) is 30.3 Å². The minimum atomic E-state index is -3.15. The zero-order valence-corrected chi connectivity index (χ0v) is 11.1. The molecule has 2 fully saturated rings. The Kier molecular flexibility index (Phi) is 2.67. The smallest absolute Gasteiger partial charge is 0.415 e. The number of carbonyl (C=O) groups excluding carboxylic acids is 1. The third kappa shape index (κ3) is 1.94.